The molecule has 6 aromatic rings. The minimum Gasteiger partial charge on any atom is -0.870 e. The van der Waals surface area contributed by atoms with Crippen LogP contribution >= 0.6 is 38.5 Å². The number of carboxylic acids is 1. The van der Waals surface area contributed by atoms with Crippen molar-refractivity contribution in [2.75, 3.05) is 19.2 Å². The van der Waals surface area contributed by atoms with Gasteiger partial charge in [-0.05, 0) is 144 Å². The molecule has 3 aromatic carbocycles. The number of benzene rings is 3. The number of nitrogens with zero attached hydrogens (tertiary/aromatic N) is 3. The Labute approximate surface area is 468 Å². The van der Waals surface area contributed by atoms with Crippen molar-refractivity contribution in [2.24, 2.45) is 21.1 Å². The summed E-state index contributed by atoms with van der Waals surface area (Å²) in [6.45, 7) is 10.1. The molecular weight excluding hydrogens is 1050 g/mol. The van der Waals surface area contributed by atoms with Crippen molar-refractivity contribution >= 4 is 89.1 Å². The average Bonchev–Trinajstić information content (AvgIpc) is 4.22. The van der Waals surface area contributed by atoms with Crippen molar-refractivity contribution in [2.45, 2.75) is 136 Å². The summed E-state index contributed by atoms with van der Waals surface area (Å²) in [4.78, 5) is 36.4. The summed E-state index contributed by atoms with van der Waals surface area (Å²) in [6, 6.07) is 17.3. The number of methoxy groups -OCH3 is 2. The fourth-order valence-corrected chi connectivity index (χ4v) is 11.0. The summed E-state index contributed by atoms with van der Waals surface area (Å²) in [5.41, 5.74) is 11.8. The molecule has 0 aliphatic heterocycles. The number of carbonyl (C=O) groups excluding carboxylic acids is 2. The number of aryl methyl sites for hydroxylation is 3. The van der Waals surface area contributed by atoms with E-state index in [1.807, 2.05) is 49.4 Å². The summed E-state index contributed by atoms with van der Waals surface area (Å²) < 4.78 is 17.2. The van der Waals surface area contributed by atoms with Crippen molar-refractivity contribution in [1.82, 2.24) is 13.7 Å². The largest absolute Gasteiger partial charge is 1.00 e. The molecule has 3 aliphatic rings. The second-order valence-electron chi connectivity index (χ2n) is 17.7. The van der Waals surface area contributed by atoms with Gasteiger partial charge in [-0.1, -0.05) is 100 Å². The number of hydrogen-bond donors (Lipinski definition) is 1. The number of rotatable bonds is 7. The van der Waals surface area contributed by atoms with Gasteiger partial charge in [0.1, 0.15) is 0 Å². The van der Waals surface area contributed by atoms with E-state index < -0.39 is 5.97 Å². The summed E-state index contributed by atoms with van der Waals surface area (Å²) in [5, 5.41) is 12.9. The molecule has 14 heteroatoms. The van der Waals surface area contributed by atoms with Crippen LogP contribution in [0.5, 0.6) is 0 Å². The van der Waals surface area contributed by atoms with Crippen LogP contribution in [0.1, 0.15) is 181 Å². The van der Waals surface area contributed by atoms with Crippen molar-refractivity contribution in [1.29, 1.82) is 0 Å². The van der Waals surface area contributed by atoms with Crippen LogP contribution in [0.3, 0.4) is 0 Å². The molecule has 368 valence electrons. The van der Waals surface area contributed by atoms with Gasteiger partial charge in [0.2, 0.25) is 0 Å². The third-order valence-corrected chi connectivity index (χ3v) is 14.9. The second-order valence-corrected chi connectivity index (χ2v) is 18.4. The monoisotopic (exact) mass is 1130 g/mol. The van der Waals surface area contributed by atoms with Gasteiger partial charge >= 0.3 is 66.3 Å². The quantitative estimate of drug-likeness (QED) is 0.0554. The number of unbranched alkanes of at least 4 members (excludes halogenated alkanes) is 1. The molecule has 0 atom stereocenters. The van der Waals surface area contributed by atoms with Crippen molar-refractivity contribution in [3.8, 4) is 0 Å². The van der Waals surface area contributed by atoms with Crippen LogP contribution in [0.25, 0.3) is 32.7 Å². The molecular formula is C55H75BrILiN3NaO7. The van der Waals surface area contributed by atoms with E-state index in [0.717, 1.165) is 27.6 Å². The van der Waals surface area contributed by atoms with E-state index in [0.29, 0.717) is 34.4 Å². The van der Waals surface area contributed by atoms with Gasteiger partial charge in [-0.25, -0.2) is 14.4 Å². The standard InChI is InChI=1S/C17H21NO2.C16H18BrNO2.C16H19NO2.C4H9.CH3I.CH4.Li.Na.H2O/c1-11-16(12-6-4-5-7-12)14-9-8-13(17(19)20-3)10-15(14)18(11)2;1-18-13-9-11(16(19)20-2)7-8-12(13)14(15(18)17)10-5-3-4-6-10;1-10-15(11-5-3-4-6-11)13-8-7-12(16(18)19)9-14(13)17(10)2;1-3-4-2;1-2;;;;/h8-10,12H,4-7H2,1-3H3;7-10H,3-6H2,1-2H3;7-9,11H,3-6H2,1-2H3,(H,18,19);1,3-4H2,2H3;1H3;1H4;;;1H2/q;;;-1;;;2*+1;/p-1. The zero-order chi connectivity index (χ0) is 47.5. The molecule has 0 bridgehead atoms. The Bertz CT molecular complexity index is 2480. The minimum absolute atomic E-state index is 0. The number of aromatic carboxylic acids is 1. The van der Waals surface area contributed by atoms with Crippen LogP contribution in [0.4, 0.5) is 0 Å². The van der Waals surface area contributed by atoms with E-state index in [-0.39, 0.29) is 73.3 Å². The number of fused-ring (bicyclic) bond motifs is 3. The maximum Gasteiger partial charge on any atom is 1.00 e. The topological polar surface area (TPSA) is 135 Å². The van der Waals surface area contributed by atoms with Gasteiger partial charge in [0.15, 0.2) is 0 Å². The molecule has 0 saturated heterocycles. The van der Waals surface area contributed by atoms with Gasteiger partial charge < -0.3 is 40.7 Å². The number of carboxylic acid groups (broad SMARTS) is 1. The predicted octanol–water partition coefficient (Wildman–Crippen LogP) is 9.30. The van der Waals surface area contributed by atoms with Gasteiger partial charge in [-0.2, -0.15) is 6.42 Å². The molecule has 0 spiro atoms. The zero-order valence-electron chi connectivity index (χ0n) is 42.6. The van der Waals surface area contributed by atoms with E-state index in [4.69, 9.17) is 14.6 Å². The minimum atomic E-state index is -0.858. The molecule has 0 radical (unpaired) electrons. The first-order chi connectivity index (χ1) is 31.3. The number of esters is 2. The van der Waals surface area contributed by atoms with Crippen LogP contribution in [0.2, 0.25) is 0 Å². The van der Waals surface area contributed by atoms with Crippen LogP contribution in [-0.2, 0) is 30.6 Å². The number of ether oxygens (including phenoxy) is 2. The number of alkyl halides is 1. The van der Waals surface area contributed by atoms with E-state index in [9.17, 15) is 14.4 Å². The van der Waals surface area contributed by atoms with E-state index in [2.05, 4.69) is 99.1 Å². The Morgan fingerprint density at radius 3 is 1.25 bits per heavy atom. The van der Waals surface area contributed by atoms with Gasteiger partial charge in [0.25, 0.3) is 0 Å². The number of halogens is 2. The fraction of sp³-hybridized carbons (Fsp3) is 0.491. The summed E-state index contributed by atoms with van der Waals surface area (Å²) in [6.07, 6.45) is 17.8. The third-order valence-electron chi connectivity index (χ3n) is 14.0. The first kappa shape index (κ1) is 64.5. The Balaban J connectivity index is 0.000000476. The SMILES string of the molecule is C.CI.COC(=O)c1ccc2c(C3CCCC3)c(Br)n(C)c2c1.COC(=O)c1ccc2c(C3CCCC3)c(C)n(C)c2c1.Cc1c(C2CCCC2)c2ccc(C(=O)O)cc2n1C.[CH2-]CCC.[Li+].[Na+].[OH-]. The van der Waals surface area contributed by atoms with Crippen LogP contribution in [0.15, 0.2) is 59.2 Å². The van der Waals surface area contributed by atoms with Gasteiger partial charge in [-0.3, -0.25) is 0 Å². The molecule has 9 rings (SSSR count). The van der Waals surface area contributed by atoms with Crippen molar-refractivity contribution in [3.63, 3.8) is 0 Å². The Hall–Kier alpha value is -2.54. The van der Waals surface area contributed by atoms with Gasteiger partial charge in [0, 0.05) is 65.2 Å². The molecule has 0 amide bonds. The zero-order valence-corrected chi connectivity index (χ0v) is 48.3. The summed E-state index contributed by atoms with van der Waals surface area (Å²) >= 11 is 5.88. The van der Waals surface area contributed by atoms with E-state index in [1.54, 1.807) is 12.1 Å². The van der Waals surface area contributed by atoms with E-state index in [1.165, 1.54) is 142 Å². The Kier molecular flexibility index (Phi) is 28.5. The normalized spacial score (nSPS) is 14.3. The maximum absolute atomic E-state index is 11.7. The predicted molar refractivity (Wildman–Crippen MR) is 288 cm³/mol. The molecule has 10 nitrogen and oxygen atoms in total. The number of aromatic nitrogens is 3. The van der Waals surface area contributed by atoms with E-state index >= 15 is 0 Å². The molecule has 3 aromatic heterocycles. The van der Waals surface area contributed by atoms with Gasteiger partial charge in [-0.15, -0.1) is 0 Å². The average molecular weight is 1130 g/mol. The third kappa shape index (κ3) is 14.6. The molecule has 3 saturated carbocycles. The Morgan fingerprint density at radius 2 is 0.928 bits per heavy atom. The first-order valence-electron chi connectivity index (χ1n) is 23.3. The van der Waals surface area contributed by atoms with Crippen molar-refractivity contribution < 1.29 is 82.9 Å². The molecule has 2 N–H and O–H groups in total. The molecule has 0 unspecified atom stereocenters. The van der Waals surface area contributed by atoms with Crippen LogP contribution < -0.4 is 48.4 Å². The molecule has 69 heavy (non-hydrogen) atoms. The fourth-order valence-electron chi connectivity index (χ4n) is 10.3. The molecule has 3 heterocycles. The first-order valence-corrected chi connectivity index (χ1v) is 26.2. The van der Waals surface area contributed by atoms with Gasteiger partial charge in [0.05, 0.1) is 35.5 Å². The summed E-state index contributed by atoms with van der Waals surface area (Å²) in [5.74, 6) is 0.557. The molecule has 3 aliphatic carbocycles. The summed E-state index contributed by atoms with van der Waals surface area (Å²) in [7, 11) is 8.98. The number of hydrogen-bond acceptors (Lipinski definition) is 6. The Morgan fingerprint density at radius 1 is 0.638 bits per heavy atom. The van der Waals surface area contributed by atoms with Crippen LogP contribution in [-0.4, -0.2) is 61.3 Å². The van der Waals surface area contributed by atoms with Crippen LogP contribution in [0, 0.1) is 20.8 Å². The smallest absolute Gasteiger partial charge is 0.870 e. The maximum atomic E-state index is 11.7. The molecule has 3 fully saturated rings. The number of carbonyl (C=O) groups is 3. The van der Waals surface area contributed by atoms with Crippen molar-refractivity contribution in [3.05, 3.63) is 111 Å². The second kappa shape index (κ2) is 30.5.